The molecule has 0 aliphatic heterocycles. The van der Waals surface area contributed by atoms with Crippen molar-refractivity contribution in [1.29, 1.82) is 0 Å². The lowest BCUT2D eigenvalue weighted by Crippen LogP contribution is -1.97. The van der Waals surface area contributed by atoms with Gasteiger partial charge in [-0.15, -0.1) is 6.58 Å². The molecule has 5 nitrogen and oxygen atoms in total. The molecule has 120 valence electrons. The third kappa shape index (κ3) is 2.76. The first-order valence-corrected chi connectivity index (χ1v) is 8.52. The number of para-hydroxylation sites is 2. The molecule has 3 aromatic heterocycles. The van der Waals surface area contributed by atoms with E-state index in [1.807, 2.05) is 42.5 Å². The van der Waals surface area contributed by atoms with Crippen LogP contribution in [-0.4, -0.2) is 14.7 Å². The summed E-state index contributed by atoms with van der Waals surface area (Å²) >= 11 is 1.63. The summed E-state index contributed by atoms with van der Waals surface area (Å²) in [4.78, 5) is 4.70. The van der Waals surface area contributed by atoms with Crippen molar-refractivity contribution in [2.75, 3.05) is 0 Å². The van der Waals surface area contributed by atoms with Crippen molar-refractivity contribution in [2.24, 2.45) is 0 Å². The number of aromatic nitrogens is 3. The minimum Gasteiger partial charge on any atom is -0.461 e. The maximum absolute atomic E-state index is 5.33. The summed E-state index contributed by atoms with van der Waals surface area (Å²) in [5.74, 6) is 1.98. The van der Waals surface area contributed by atoms with E-state index in [0.29, 0.717) is 17.3 Å². The minimum atomic E-state index is 0.634. The van der Waals surface area contributed by atoms with Crippen LogP contribution in [0, 0.1) is 0 Å². The lowest BCUT2D eigenvalue weighted by Gasteiger charge is -2.04. The molecule has 0 spiro atoms. The summed E-state index contributed by atoms with van der Waals surface area (Å²) in [5.41, 5.74) is 2.94. The van der Waals surface area contributed by atoms with Gasteiger partial charge in [-0.25, -0.2) is 4.98 Å². The van der Waals surface area contributed by atoms with Crippen LogP contribution in [0.1, 0.15) is 5.69 Å². The standard InChI is InChI=1S/C18H15N3O2S/c1-2-9-21-15-7-4-3-6-14(15)19-18(21)24-12-13-11-17(23-20-13)16-8-5-10-22-16/h2-8,10-11H,1,9,12H2. The zero-order chi connectivity index (χ0) is 16.4. The molecule has 0 aliphatic rings. The van der Waals surface area contributed by atoms with E-state index in [2.05, 4.69) is 22.4 Å². The Balaban J connectivity index is 1.56. The van der Waals surface area contributed by atoms with E-state index in [9.17, 15) is 0 Å². The fraction of sp³-hybridized carbons (Fsp3) is 0.111. The van der Waals surface area contributed by atoms with Crippen LogP contribution in [0.4, 0.5) is 0 Å². The molecular weight excluding hydrogens is 322 g/mol. The number of nitrogens with zero attached hydrogens (tertiary/aromatic N) is 3. The molecule has 1 aromatic carbocycles. The lowest BCUT2D eigenvalue weighted by molar-refractivity contribution is 0.413. The Bertz CT molecular complexity index is 969. The molecule has 0 atom stereocenters. The van der Waals surface area contributed by atoms with Crippen LogP contribution >= 0.6 is 11.8 Å². The molecule has 0 amide bonds. The largest absolute Gasteiger partial charge is 0.461 e. The molecule has 0 bridgehead atoms. The van der Waals surface area contributed by atoms with Crippen LogP contribution < -0.4 is 0 Å². The monoisotopic (exact) mass is 337 g/mol. The van der Waals surface area contributed by atoms with Crippen LogP contribution in [0.5, 0.6) is 0 Å². The smallest absolute Gasteiger partial charge is 0.202 e. The van der Waals surface area contributed by atoms with E-state index < -0.39 is 0 Å². The van der Waals surface area contributed by atoms with Gasteiger partial charge >= 0.3 is 0 Å². The Morgan fingerprint density at radius 1 is 1.17 bits per heavy atom. The normalized spacial score (nSPS) is 11.2. The van der Waals surface area contributed by atoms with Crippen LogP contribution in [-0.2, 0) is 12.3 Å². The van der Waals surface area contributed by atoms with Gasteiger partial charge in [-0.2, -0.15) is 0 Å². The Morgan fingerprint density at radius 2 is 2.08 bits per heavy atom. The first-order valence-electron chi connectivity index (χ1n) is 7.53. The van der Waals surface area contributed by atoms with Crippen molar-refractivity contribution in [3.05, 3.63) is 67.1 Å². The minimum absolute atomic E-state index is 0.634. The summed E-state index contributed by atoms with van der Waals surface area (Å²) in [6.07, 6.45) is 3.49. The Kier molecular flexibility index (Phi) is 3.96. The molecule has 6 heteroatoms. The van der Waals surface area contributed by atoms with E-state index in [0.717, 1.165) is 28.4 Å². The highest BCUT2D eigenvalue weighted by Crippen LogP contribution is 2.28. The van der Waals surface area contributed by atoms with E-state index in [4.69, 9.17) is 13.9 Å². The Hall–Kier alpha value is -2.73. The summed E-state index contributed by atoms with van der Waals surface area (Å²) < 4.78 is 12.8. The molecule has 24 heavy (non-hydrogen) atoms. The van der Waals surface area contributed by atoms with Gasteiger partial charge in [0, 0.05) is 18.4 Å². The Morgan fingerprint density at radius 3 is 2.92 bits per heavy atom. The van der Waals surface area contributed by atoms with Gasteiger partial charge in [0.2, 0.25) is 5.76 Å². The van der Waals surface area contributed by atoms with Crippen LogP contribution in [0.15, 0.2) is 75.5 Å². The Labute approximate surface area is 143 Å². The van der Waals surface area contributed by atoms with E-state index >= 15 is 0 Å². The van der Waals surface area contributed by atoms with Crippen molar-refractivity contribution in [2.45, 2.75) is 17.5 Å². The van der Waals surface area contributed by atoms with Crippen molar-refractivity contribution in [3.63, 3.8) is 0 Å². The van der Waals surface area contributed by atoms with E-state index in [1.165, 1.54) is 0 Å². The highest BCUT2D eigenvalue weighted by Gasteiger charge is 2.13. The molecule has 0 aliphatic carbocycles. The molecule has 0 fully saturated rings. The van der Waals surface area contributed by atoms with Crippen molar-refractivity contribution in [1.82, 2.24) is 14.7 Å². The third-order valence-electron chi connectivity index (χ3n) is 3.60. The number of fused-ring (bicyclic) bond motifs is 1. The average Bonchev–Trinajstić information content (AvgIpc) is 3.33. The number of benzene rings is 1. The van der Waals surface area contributed by atoms with Crippen molar-refractivity contribution in [3.8, 4) is 11.5 Å². The first kappa shape index (κ1) is 14.8. The molecule has 4 aromatic rings. The quantitative estimate of drug-likeness (QED) is 0.375. The van der Waals surface area contributed by atoms with Crippen LogP contribution in [0.2, 0.25) is 0 Å². The molecule has 0 radical (unpaired) electrons. The average molecular weight is 337 g/mol. The topological polar surface area (TPSA) is 57.0 Å². The number of allylic oxidation sites excluding steroid dienone is 1. The number of hydrogen-bond acceptors (Lipinski definition) is 5. The second-order valence-electron chi connectivity index (χ2n) is 5.23. The summed E-state index contributed by atoms with van der Waals surface area (Å²) in [5, 5.41) is 5.05. The van der Waals surface area contributed by atoms with Crippen LogP contribution in [0.3, 0.4) is 0 Å². The predicted molar refractivity (Wildman–Crippen MR) is 93.7 cm³/mol. The molecule has 0 saturated carbocycles. The molecular formula is C18H15N3O2S. The van der Waals surface area contributed by atoms with Crippen LogP contribution in [0.25, 0.3) is 22.6 Å². The SMILES string of the molecule is C=CCn1c(SCc2cc(-c3ccco3)on2)nc2ccccc21. The van der Waals surface area contributed by atoms with Crippen molar-refractivity contribution < 1.29 is 8.94 Å². The number of furan rings is 1. The molecule has 3 heterocycles. The predicted octanol–water partition coefficient (Wildman–Crippen LogP) is 4.76. The van der Waals surface area contributed by atoms with Gasteiger partial charge in [0.1, 0.15) is 0 Å². The number of thioether (sulfide) groups is 1. The van der Waals surface area contributed by atoms with E-state index in [-0.39, 0.29) is 0 Å². The number of hydrogen-bond donors (Lipinski definition) is 0. The van der Waals surface area contributed by atoms with Gasteiger partial charge in [0.25, 0.3) is 0 Å². The van der Waals surface area contributed by atoms with Gasteiger partial charge in [0.15, 0.2) is 10.9 Å². The fourth-order valence-corrected chi connectivity index (χ4v) is 3.43. The third-order valence-corrected chi connectivity index (χ3v) is 4.61. The van der Waals surface area contributed by atoms with Gasteiger partial charge in [-0.1, -0.05) is 35.1 Å². The second-order valence-corrected chi connectivity index (χ2v) is 6.17. The zero-order valence-electron chi connectivity index (χ0n) is 12.9. The lowest BCUT2D eigenvalue weighted by atomic mass is 10.3. The molecule has 0 unspecified atom stereocenters. The number of imidazole rings is 1. The fourth-order valence-electron chi connectivity index (χ4n) is 2.52. The second kappa shape index (κ2) is 6.41. The number of rotatable bonds is 6. The summed E-state index contributed by atoms with van der Waals surface area (Å²) in [6.45, 7) is 4.56. The van der Waals surface area contributed by atoms with Gasteiger partial charge in [-0.05, 0) is 24.3 Å². The highest BCUT2D eigenvalue weighted by molar-refractivity contribution is 7.98. The molecule has 4 rings (SSSR count). The van der Waals surface area contributed by atoms with Crippen molar-refractivity contribution >= 4 is 22.8 Å². The van der Waals surface area contributed by atoms with Gasteiger partial charge in [0.05, 0.1) is 23.0 Å². The zero-order valence-corrected chi connectivity index (χ0v) is 13.7. The maximum atomic E-state index is 5.33. The van der Waals surface area contributed by atoms with Gasteiger partial charge in [-0.3, -0.25) is 0 Å². The highest BCUT2D eigenvalue weighted by atomic mass is 32.2. The first-order chi connectivity index (χ1) is 11.8. The summed E-state index contributed by atoms with van der Waals surface area (Å²) in [7, 11) is 0. The van der Waals surface area contributed by atoms with E-state index in [1.54, 1.807) is 18.0 Å². The van der Waals surface area contributed by atoms with Gasteiger partial charge < -0.3 is 13.5 Å². The maximum Gasteiger partial charge on any atom is 0.202 e. The molecule has 0 N–H and O–H groups in total. The molecule has 0 saturated heterocycles. The summed E-state index contributed by atoms with van der Waals surface area (Å²) in [6, 6.07) is 13.7.